The summed E-state index contributed by atoms with van der Waals surface area (Å²) in [5.41, 5.74) is 0.372. The van der Waals surface area contributed by atoms with Crippen LogP contribution in [0.15, 0.2) is 39.9 Å². The number of carbonyl (C=O) groups excluding carboxylic acids is 2. The molecule has 0 aliphatic heterocycles. The van der Waals surface area contributed by atoms with Gasteiger partial charge in [-0.05, 0) is 43.0 Å². The molecule has 0 saturated carbocycles. The molecule has 2 amide bonds. The third kappa shape index (κ3) is 6.68. The Kier molecular flexibility index (Phi) is 8.47. The molecule has 7 nitrogen and oxygen atoms in total. The van der Waals surface area contributed by atoms with Gasteiger partial charge in [-0.2, -0.15) is 4.72 Å². The lowest BCUT2D eigenvalue weighted by atomic mass is 10.2. The molecule has 158 valence electrons. The van der Waals surface area contributed by atoms with Crippen LogP contribution in [0, 0.1) is 0 Å². The van der Waals surface area contributed by atoms with E-state index in [0.717, 1.165) is 11.3 Å². The van der Waals surface area contributed by atoms with Gasteiger partial charge in [0.2, 0.25) is 11.8 Å². The summed E-state index contributed by atoms with van der Waals surface area (Å²) in [6, 6.07) is 6.68. The standard InChI is InChI=1S/C18H21Cl2N3O4S2/c1-3-8-23(11-16(24)21-15-7-6-13(19)10-14(15)20)18(25)12(2)22-29(26,27)17-5-4-9-28-17/h4-7,9-10,12,22H,3,8,11H2,1-2H3,(H,21,24). The van der Waals surface area contributed by atoms with E-state index < -0.39 is 27.9 Å². The van der Waals surface area contributed by atoms with Crippen molar-refractivity contribution in [3.8, 4) is 0 Å². The van der Waals surface area contributed by atoms with E-state index in [1.807, 2.05) is 6.92 Å². The van der Waals surface area contributed by atoms with Gasteiger partial charge in [0.25, 0.3) is 10.0 Å². The summed E-state index contributed by atoms with van der Waals surface area (Å²) in [5, 5.41) is 4.97. The first-order valence-electron chi connectivity index (χ1n) is 8.73. The number of nitrogens with zero attached hydrogens (tertiary/aromatic N) is 1. The van der Waals surface area contributed by atoms with Gasteiger partial charge in [-0.3, -0.25) is 9.59 Å². The topological polar surface area (TPSA) is 95.6 Å². The fourth-order valence-electron chi connectivity index (χ4n) is 2.52. The Balaban J connectivity index is 2.05. The first-order chi connectivity index (χ1) is 13.6. The van der Waals surface area contributed by atoms with Crippen LogP contribution in [-0.2, 0) is 19.6 Å². The minimum absolute atomic E-state index is 0.120. The molecule has 1 heterocycles. The molecule has 1 unspecified atom stereocenters. The minimum Gasteiger partial charge on any atom is -0.332 e. The number of carbonyl (C=O) groups is 2. The highest BCUT2D eigenvalue weighted by molar-refractivity contribution is 7.91. The van der Waals surface area contributed by atoms with E-state index in [4.69, 9.17) is 23.2 Å². The Labute approximate surface area is 184 Å². The van der Waals surface area contributed by atoms with Crippen LogP contribution in [-0.4, -0.2) is 44.3 Å². The Morgan fingerprint density at radius 2 is 1.97 bits per heavy atom. The number of amides is 2. The third-order valence-corrected chi connectivity index (χ3v) is 7.29. The molecule has 0 aliphatic rings. The van der Waals surface area contributed by atoms with Crippen molar-refractivity contribution in [2.45, 2.75) is 30.5 Å². The van der Waals surface area contributed by atoms with Gasteiger partial charge in [-0.1, -0.05) is 36.2 Å². The predicted molar refractivity (Wildman–Crippen MR) is 116 cm³/mol. The molecule has 1 aromatic carbocycles. The zero-order valence-corrected chi connectivity index (χ0v) is 19.0. The quantitative estimate of drug-likeness (QED) is 0.576. The number of sulfonamides is 1. The van der Waals surface area contributed by atoms with Gasteiger partial charge in [0.15, 0.2) is 0 Å². The first-order valence-corrected chi connectivity index (χ1v) is 11.9. The van der Waals surface area contributed by atoms with Crippen molar-refractivity contribution in [3.63, 3.8) is 0 Å². The molecule has 2 rings (SSSR count). The van der Waals surface area contributed by atoms with Crippen molar-refractivity contribution >= 4 is 62.1 Å². The average Bonchev–Trinajstić information content (AvgIpc) is 3.18. The van der Waals surface area contributed by atoms with E-state index in [9.17, 15) is 18.0 Å². The Hall–Kier alpha value is -1.65. The Morgan fingerprint density at radius 1 is 1.24 bits per heavy atom. The van der Waals surface area contributed by atoms with Crippen molar-refractivity contribution in [1.82, 2.24) is 9.62 Å². The summed E-state index contributed by atoms with van der Waals surface area (Å²) in [5.74, 6) is -0.950. The molecule has 0 fully saturated rings. The summed E-state index contributed by atoms with van der Waals surface area (Å²) in [6.07, 6.45) is 0.602. The lowest BCUT2D eigenvalue weighted by molar-refractivity contribution is -0.135. The number of nitrogens with one attached hydrogen (secondary N) is 2. The van der Waals surface area contributed by atoms with Crippen LogP contribution in [0.1, 0.15) is 20.3 Å². The number of thiophene rings is 1. The monoisotopic (exact) mass is 477 g/mol. The highest BCUT2D eigenvalue weighted by Crippen LogP contribution is 2.25. The zero-order chi connectivity index (χ0) is 21.6. The minimum atomic E-state index is -3.81. The molecule has 1 aromatic heterocycles. The number of rotatable bonds is 9. The van der Waals surface area contributed by atoms with Crippen molar-refractivity contribution in [3.05, 3.63) is 45.8 Å². The molecule has 11 heteroatoms. The highest BCUT2D eigenvalue weighted by Gasteiger charge is 2.27. The molecule has 0 radical (unpaired) electrons. The van der Waals surface area contributed by atoms with E-state index in [0.29, 0.717) is 23.7 Å². The molecule has 29 heavy (non-hydrogen) atoms. The molecular weight excluding hydrogens is 457 g/mol. The molecule has 0 saturated heterocycles. The predicted octanol–water partition coefficient (Wildman–Crippen LogP) is 3.60. The van der Waals surface area contributed by atoms with E-state index in [1.54, 1.807) is 23.6 Å². The molecule has 0 spiro atoms. The van der Waals surface area contributed by atoms with E-state index in [1.165, 1.54) is 24.0 Å². The molecule has 2 aromatic rings. The molecule has 1 atom stereocenters. The largest absolute Gasteiger partial charge is 0.332 e. The van der Waals surface area contributed by atoms with E-state index in [2.05, 4.69) is 10.0 Å². The fraction of sp³-hybridized carbons (Fsp3) is 0.333. The van der Waals surface area contributed by atoms with Crippen molar-refractivity contribution in [1.29, 1.82) is 0 Å². The lowest BCUT2D eigenvalue weighted by Gasteiger charge is -2.25. The highest BCUT2D eigenvalue weighted by atomic mass is 35.5. The maximum atomic E-state index is 12.8. The molecule has 0 bridgehead atoms. The van der Waals surface area contributed by atoms with Gasteiger partial charge in [-0.15, -0.1) is 11.3 Å². The maximum Gasteiger partial charge on any atom is 0.250 e. The summed E-state index contributed by atoms with van der Waals surface area (Å²) in [6.45, 7) is 3.36. The van der Waals surface area contributed by atoms with Gasteiger partial charge in [0, 0.05) is 11.6 Å². The average molecular weight is 478 g/mol. The number of benzene rings is 1. The van der Waals surface area contributed by atoms with Crippen LogP contribution in [0.5, 0.6) is 0 Å². The van der Waals surface area contributed by atoms with Crippen LogP contribution >= 0.6 is 34.5 Å². The van der Waals surface area contributed by atoms with Crippen LogP contribution in [0.2, 0.25) is 10.0 Å². The maximum absolute atomic E-state index is 12.8. The smallest absolute Gasteiger partial charge is 0.250 e. The molecule has 2 N–H and O–H groups in total. The molecule has 0 aliphatic carbocycles. The molecular formula is C18H21Cl2N3O4S2. The van der Waals surface area contributed by atoms with Crippen LogP contribution in [0.25, 0.3) is 0 Å². The number of hydrogen-bond donors (Lipinski definition) is 2. The Morgan fingerprint density at radius 3 is 2.55 bits per heavy atom. The fourth-order valence-corrected chi connectivity index (χ4v) is 5.18. The van der Waals surface area contributed by atoms with E-state index >= 15 is 0 Å². The van der Waals surface area contributed by atoms with Crippen LogP contribution in [0.4, 0.5) is 5.69 Å². The summed E-state index contributed by atoms with van der Waals surface area (Å²) in [7, 11) is -3.81. The second-order valence-corrected chi connectivity index (χ2v) is 9.94. The first kappa shape index (κ1) is 23.6. The van der Waals surface area contributed by atoms with Crippen LogP contribution < -0.4 is 10.0 Å². The SMILES string of the molecule is CCCN(CC(=O)Nc1ccc(Cl)cc1Cl)C(=O)C(C)NS(=O)(=O)c1cccs1. The third-order valence-electron chi connectivity index (χ3n) is 3.81. The van der Waals surface area contributed by atoms with Crippen LogP contribution in [0.3, 0.4) is 0 Å². The van der Waals surface area contributed by atoms with E-state index in [-0.39, 0.29) is 15.8 Å². The number of hydrogen-bond acceptors (Lipinski definition) is 5. The zero-order valence-electron chi connectivity index (χ0n) is 15.8. The summed E-state index contributed by atoms with van der Waals surface area (Å²) >= 11 is 12.9. The lowest BCUT2D eigenvalue weighted by Crippen LogP contribution is -2.49. The van der Waals surface area contributed by atoms with Crippen molar-refractivity contribution in [2.75, 3.05) is 18.4 Å². The van der Waals surface area contributed by atoms with Gasteiger partial charge >= 0.3 is 0 Å². The normalized spacial score (nSPS) is 12.4. The van der Waals surface area contributed by atoms with Crippen molar-refractivity contribution in [2.24, 2.45) is 0 Å². The van der Waals surface area contributed by atoms with Gasteiger partial charge in [0.1, 0.15) is 4.21 Å². The second-order valence-electron chi connectivity index (χ2n) is 6.21. The summed E-state index contributed by atoms with van der Waals surface area (Å²) < 4.78 is 27.2. The van der Waals surface area contributed by atoms with Crippen molar-refractivity contribution < 1.29 is 18.0 Å². The number of halogens is 2. The summed E-state index contributed by atoms with van der Waals surface area (Å²) in [4.78, 5) is 26.5. The van der Waals surface area contributed by atoms with Gasteiger partial charge in [0.05, 0.1) is 23.3 Å². The Bertz CT molecular complexity index is 965. The second kappa shape index (κ2) is 10.4. The number of anilines is 1. The van der Waals surface area contributed by atoms with Gasteiger partial charge < -0.3 is 10.2 Å². The van der Waals surface area contributed by atoms with Gasteiger partial charge in [-0.25, -0.2) is 8.42 Å².